The van der Waals surface area contributed by atoms with Crippen LogP contribution in [0.4, 0.5) is 0 Å². The minimum Gasteiger partial charge on any atom is -0.304 e. The molecule has 1 radical (unpaired) electrons. The summed E-state index contributed by atoms with van der Waals surface area (Å²) >= 11 is 0. The normalized spacial score (nSPS) is 12.2. The zero-order chi connectivity index (χ0) is 33.6. The van der Waals surface area contributed by atoms with E-state index in [2.05, 4.69) is 131 Å². The van der Waals surface area contributed by atoms with Crippen molar-refractivity contribution in [3.8, 4) is 33.6 Å². The number of pyridine rings is 2. The number of hydrogen-bond acceptors (Lipinski definition) is 2. The number of hydrogen-bond donors (Lipinski definition) is 0. The van der Waals surface area contributed by atoms with Crippen LogP contribution in [0.1, 0.15) is 84.0 Å². The van der Waals surface area contributed by atoms with Crippen LogP contribution in [0.15, 0.2) is 109 Å². The van der Waals surface area contributed by atoms with E-state index in [-0.39, 0.29) is 20.1 Å². The van der Waals surface area contributed by atoms with Crippen LogP contribution in [-0.2, 0) is 45.8 Å². The maximum absolute atomic E-state index is 4.83. The monoisotopic (exact) mass is 819 g/mol. The van der Waals surface area contributed by atoms with Gasteiger partial charge < -0.3 is 9.97 Å². The Labute approximate surface area is 307 Å². The Kier molecular flexibility index (Phi) is 12.2. The maximum atomic E-state index is 4.83. The van der Waals surface area contributed by atoms with Crippen LogP contribution in [0.5, 0.6) is 0 Å². The van der Waals surface area contributed by atoms with Crippen molar-refractivity contribution in [1.82, 2.24) is 9.97 Å². The van der Waals surface area contributed by atoms with Gasteiger partial charge in [-0.25, -0.2) is 0 Å². The first kappa shape index (κ1) is 36.1. The third kappa shape index (κ3) is 8.90. The number of benzene rings is 4. The predicted octanol–water partition coefficient (Wildman–Crippen LogP) is 11.5. The molecule has 4 aromatic carbocycles. The minimum absolute atomic E-state index is 0. The summed E-state index contributed by atoms with van der Waals surface area (Å²) in [6.07, 6.45) is 8.21. The molecule has 4 bridgehead atoms. The van der Waals surface area contributed by atoms with Crippen molar-refractivity contribution in [3.05, 3.63) is 166 Å². The molecule has 0 atom stereocenters. The van der Waals surface area contributed by atoms with Gasteiger partial charge in [-0.3, -0.25) is 0 Å². The summed E-state index contributed by atoms with van der Waals surface area (Å²) in [6.45, 7) is 13.2. The molecule has 4 aliphatic rings. The molecule has 251 valence electrons. The molecular weight excluding hydrogens is 773 g/mol. The third-order valence-corrected chi connectivity index (χ3v) is 9.58. The minimum atomic E-state index is 0. The summed E-state index contributed by atoms with van der Waals surface area (Å²) < 4.78 is 0. The summed E-state index contributed by atoms with van der Waals surface area (Å²) in [5.41, 5.74) is 17.7. The Morgan fingerprint density at radius 1 is 0.592 bits per heavy atom. The fraction of sp³-hybridized carbons (Fsp3) is 0.261. The van der Waals surface area contributed by atoms with Gasteiger partial charge in [-0.05, 0) is 101 Å². The molecule has 0 saturated heterocycles. The van der Waals surface area contributed by atoms with Gasteiger partial charge in [-0.2, -0.15) is 0 Å². The molecule has 0 fully saturated rings. The predicted molar refractivity (Wildman–Crippen MR) is 201 cm³/mol. The van der Waals surface area contributed by atoms with Gasteiger partial charge in [0.05, 0.1) is 0 Å². The van der Waals surface area contributed by atoms with Crippen LogP contribution in [0.25, 0.3) is 33.6 Å². The zero-order valence-electron chi connectivity index (χ0n) is 29.6. The van der Waals surface area contributed by atoms with E-state index in [4.69, 9.17) is 4.98 Å². The van der Waals surface area contributed by atoms with Crippen molar-refractivity contribution in [2.24, 2.45) is 0 Å². The van der Waals surface area contributed by atoms with Crippen molar-refractivity contribution < 1.29 is 20.1 Å². The Morgan fingerprint density at radius 2 is 1.31 bits per heavy atom. The second-order valence-corrected chi connectivity index (χ2v) is 13.7. The molecule has 0 unspecified atom stereocenters. The van der Waals surface area contributed by atoms with Crippen molar-refractivity contribution in [2.75, 3.05) is 0 Å². The smallest absolute Gasteiger partial charge is 0.0239 e. The zero-order valence-corrected chi connectivity index (χ0v) is 32.0. The van der Waals surface area contributed by atoms with Crippen LogP contribution >= 0.6 is 0 Å². The van der Waals surface area contributed by atoms with Crippen LogP contribution in [-0.4, -0.2) is 9.97 Å². The van der Waals surface area contributed by atoms with Crippen molar-refractivity contribution >= 4 is 0 Å². The number of aryl methyl sites for hydroxylation is 6. The molecule has 2 nitrogen and oxygen atoms in total. The molecular formula is C46H46IrN2-2. The van der Waals surface area contributed by atoms with E-state index in [1.165, 1.54) is 55.6 Å². The van der Waals surface area contributed by atoms with E-state index in [0.29, 0.717) is 11.8 Å². The average Bonchev–Trinajstić information content (AvgIpc) is 3.11. The molecule has 0 saturated carbocycles. The summed E-state index contributed by atoms with van der Waals surface area (Å²) in [4.78, 5) is 9.21. The molecule has 4 aliphatic carbocycles. The van der Waals surface area contributed by atoms with Gasteiger partial charge in [0.15, 0.2) is 0 Å². The Balaban J connectivity index is 0.000000262. The maximum Gasteiger partial charge on any atom is 0.0239 e. The van der Waals surface area contributed by atoms with Crippen molar-refractivity contribution in [3.63, 3.8) is 0 Å². The first-order valence-electron chi connectivity index (χ1n) is 17.4. The van der Waals surface area contributed by atoms with Crippen LogP contribution in [0.3, 0.4) is 0 Å². The molecule has 49 heavy (non-hydrogen) atoms. The first-order valence-corrected chi connectivity index (χ1v) is 17.4. The molecule has 3 heteroatoms. The van der Waals surface area contributed by atoms with E-state index in [1.807, 2.05) is 36.7 Å². The second-order valence-electron chi connectivity index (χ2n) is 13.7. The first-order chi connectivity index (χ1) is 23.2. The summed E-state index contributed by atoms with van der Waals surface area (Å²) in [6, 6.07) is 41.6. The molecule has 10 rings (SSSR count). The van der Waals surface area contributed by atoms with E-state index in [9.17, 15) is 0 Å². The molecule has 6 aromatic rings. The third-order valence-electron chi connectivity index (χ3n) is 9.58. The summed E-state index contributed by atoms with van der Waals surface area (Å²) in [5, 5.41) is 0. The standard InChI is InChI=1S/C33H34N.C13H12N.Ir/c1-22(2)26-13-15-29(16-14-26)33-18-17-30(21-34-33)32-20-25-6-10-27-9-5-24(19-31(27)23(3)4)7-11-28(32)12-8-25;1-10-8-13(14-9-11(10)2)12-6-4-3-5-7-12;/h5,8-9,12-15,17-23H,6-7,10-11H2,1-4H3;3-6,8-9H,1-2H3;/q2*-1;. The SMILES string of the molecule is CC(C)c1c[c-]c(-c2ccc(-c3cc4ccc3CCc3ccc(c(C(C)C)c3)CC4)cn2)cc1.Cc1cnc(-c2[c-]cccc2)cc1C.[Ir]. The topological polar surface area (TPSA) is 25.8 Å². The van der Waals surface area contributed by atoms with Gasteiger partial charge >= 0.3 is 0 Å². The molecule has 2 heterocycles. The Bertz CT molecular complexity index is 1970. The van der Waals surface area contributed by atoms with Crippen LogP contribution < -0.4 is 0 Å². The molecule has 0 spiro atoms. The van der Waals surface area contributed by atoms with Crippen molar-refractivity contribution in [2.45, 2.75) is 79.1 Å². The van der Waals surface area contributed by atoms with E-state index in [1.54, 1.807) is 0 Å². The van der Waals surface area contributed by atoms with Gasteiger partial charge in [-0.15, -0.1) is 71.3 Å². The van der Waals surface area contributed by atoms with E-state index < -0.39 is 0 Å². The van der Waals surface area contributed by atoms with Crippen molar-refractivity contribution in [1.29, 1.82) is 0 Å². The Hall–Kier alpha value is -4.17. The quantitative estimate of drug-likeness (QED) is 0.162. The van der Waals surface area contributed by atoms with Crippen LogP contribution in [0.2, 0.25) is 0 Å². The largest absolute Gasteiger partial charge is 0.304 e. The van der Waals surface area contributed by atoms with E-state index >= 15 is 0 Å². The number of aromatic nitrogens is 2. The van der Waals surface area contributed by atoms with E-state index in [0.717, 1.165) is 48.2 Å². The average molecular weight is 819 g/mol. The van der Waals surface area contributed by atoms with Gasteiger partial charge in [0.25, 0.3) is 0 Å². The fourth-order valence-corrected chi connectivity index (χ4v) is 6.38. The Morgan fingerprint density at radius 3 is 1.94 bits per heavy atom. The van der Waals surface area contributed by atoms with Crippen LogP contribution in [0, 0.1) is 26.0 Å². The number of rotatable bonds is 5. The number of nitrogens with zero attached hydrogens (tertiary/aromatic N) is 2. The fourth-order valence-electron chi connectivity index (χ4n) is 6.38. The van der Waals surface area contributed by atoms with Gasteiger partial charge in [-0.1, -0.05) is 93.8 Å². The van der Waals surface area contributed by atoms with Gasteiger partial charge in [0, 0.05) is 32.5 Å². The molecule has 0 aliphatic heterocycles. The molecule has 0 N–H and O–H groups in total. The van der Waals surface area contributed by atoms with Gasteiger partial charge in [0.1, 0.15) is 0 Å². The van der Waals surface area contributed by atoms with Gasteiger partial charge in [0.2, 0.25) is 0 Å². The summed E-state index contributed by atoms with van der Waals surface area (Å²) in [7, 11) is 0. The molecule has 2 aromatic heterocycles. The summed E-state index contributed by atoms with van der Waals surface area (Å²) in [5.74, 6) is 1.08. The molecule has 0 amide bonds. The second kappa shape index (κ2) is 16.5.